The Labute approximate surface area is 322 Å². The lowest BCUT2D eigenvalue weighted by atomic mass is 9.90. The van der Waals surface area contributed by atoms with Crippen molar-refractivity contribution in [1.29, 1.82) is 0 Å². The Morgan fingerprint density at radius 2 is 1.74 bits per heavy atom. The maximum absolute atomic E-state index is 14.6. The van der Waals surface area contributed by atoms with Crippen molar-refractivity contribution in [3.63, 3.8) is 0 Å². The normalized spacial score (nSPS) is 19.4. The molecule has 2 amide bonds. The van der Waals surface area contributed by atoms with Crippen LogP contribution in [0.4, 0.5) is 13.2 Å². The van der Waals surface area contributed by atoms with Crippen molar-refractivity contribution in [3.8, 4) is 0 Å². The molecule has 3 heterocycles. The van der Waals surface area contributed by atoms with Gasteiger partial charge in [0.1, 0.15) is 11.1 Å². The lowest BCUT2D eigenvalue weighted by Crippen LogP contribution is -2.51. The topological polar surface area (TPSA) is 159 Å². The van der Waals surface area contributed by atoms with Crippen LogP contribution in [0.25, 0.3) is 10.9 Å². The highest BCUT2D eigenvalue weighted by molar-refractivity contribution is 7.99. The molecule has 0 radical (unpaired) electrons. The number of carbonyl (C=O) groups is 3. The summed E-state index contributed by atoms with van der Waals surface area (Å²) in [5.74, 6) is -2.02. The number of pyridine rings is 1. The van der Waals surface area contributed by atoms with E-state index in [0.717, 1.165) is 40.0 Å². The van der Waals surface area contributed by atoms with Crippen molar-refractivity contribution in [3.05, 3.63) is 87.7 Å². The third-order valence-electron chi connectivity index (χ3n) is 9.98. The van der Waals surface area contributed by atoms with Crippen LogP contribution in [0.1, 0.15) is 66.5 Å². The molecule has 290 valence electrons. The first-order chi connectivity index (χ1) is 25.8. The molecule has 15 heteroatoms. The fraction of sp³-hybridized carbons (Fsp3) is 0.436. The number of nitrogens with one attached hydrogen (secondary N) is 3. The van der Waals surface area contributed by atoms with E-state index in [1.165, 1.54) is 24.2 Å². The molecule has 54 heavy (non-hydrogen) atoms. The number of halogens is 4. The number of amides is 2. The van der Waals surface area contributed by atoms with Crippen LogP contribution in [0, 0.1) is 12.8 Å². The van der Waals surface area contributed by atoms with Crippen LogP contribution in [-0.2, 0) is 40.1 Å². The van der Waals surface area contributed by atoms with Gasteiger partial charge in [-0.15, -0.1) is 0 Å². The van der Waals surface area contributed by atoms with Crippen LogP contribution >= 0.6 is 23.4 Å². The number of para-hydroxylation sites is 1. The van der Waals surface area contributed by atoms with E-state index in [1.807, 2.05) is 31.2 Å². The number of nitrogens with zero attached hydrogens (tertiary/aromatic N) is 2. The number of unbranched alkanes of at least 4 members (excludes halogenated alkanes) is 1. The van der Waals surface area contributed by atoms with Gasteiger partial charge in [-0.1, -0.05) is 54.0 Å². The minimum atomic E-state index is -4.77. The molecule has 0 bridgehead atoms. The van der Waals surface area contributed by atoms with Gasteiger partial charge >= 0.3 is 6.18 Å². The lowest BCUT2D eigenvalue weighted by Gasteiger charge is -2.31. The Morgan fingerprint density at radius 3 is 2.48 bits per heavy atom. The first kappa shape index (κ1) is 41.2. The van der Waals surface area contributed by atoms with Crippen LogP contribution < -0.4 is 22.1 Å². The molecule has 2 aromatic heterocycles. The van der Waals surface area contributed by atoms with Crippen LogP contribution in [0.3, 0.4) is 0 Å². The number of Topliss-reactive ketones (excluding diaryl/α,β-unsaturated/α-hetero) is 1. The number of H-pyrrole nitrogens is 1. The molecular weight excluding hydrogens is 739 g/mol. The number of benzene rings is 2. The Kier molecular flexibility index (Phi) is 14.2. The summed E-state index contributed by atoms with van der Waals surface area (Å²) in [6.45, 7) is 2.27. The molecule has 4 aromatic rings. The number of ketones is 1. The van der Waals surface area contributed by atoms with Gasteiger partial charge in [-0.2, -0.15) is 13.2 Å². The fourth-order valence-electron chi connectivity index (χ4n) is 6.99. The number of rotatable bonds is 9. The zero-order valence-electron chi connectivity index (χ0n) is 30.4. The summed E-state index contributed by atoms with van der Waals surface area (Å²) in [6, 6.07) is 11.3. The van der Waals surface area contributed by atoms with Crippen LogP contribution in [-0.4, -0.2) is 64.7 Å². The Balaban J connectivity index is 1.64. The van der Waals surface area contributed by atoms with Crippen LogP contribution in [0.15, 0.2) is 64.6 Å². The monoisotopic (exact) mass is 785 g/mol. The number of nitrogens with two attached hydrogens (primary N) is 2. The van der Waals surface area contributed by atoms with Gasteiger partial charge in [0.25, 0.3) is 0 Å². The largest absolute Gasteiger partial charge is 0.416 e. The maximum atomic E-state index is 14.6. The first-order valence-electron chi connectivity index (χ1n) is 18.1. The summed E-state index contributed by atoms with van der Waals surface area (Å²) in [5, 5.41) is 7.36. The molecule has 7 N–H and O–H groups in total. The standard InChI is InChI=1S/C39H47ClF3N7O3S/c1-23-27(26-11-3-4-12-31(26)49-23)20-33-36(52)48-22-28-29(39(41,42)43)14-15-30(40)35(28)54-37-25(10-8-18-46-37)21-47-32(13-7-17-45)34(51)19-24(9-5-6-16-44)38(53)50(33)2/h3-4,8,10-12,14-15,18,24,32-33,47,49H,5-7,9,13,16-17,19-22,44-45H2,1-2H3,(H,48,52)/t24-,32+,33+/m1/s1. The summed E-state index contributed by atoms with van der Waals surface area (Å²) in [5.41, 5.74) is 13.5. The zero-order chi connectivity index (χ0) is 39.0. The van der Waals surface area contributed by atoms with Crippen molar-refractivity contribution in [2.75, 3.05) is 20.1 Å². The van der Waals surface area contributed by atoms with E-state index in [0.29, 0.717) is 55.8 Å². The van der Waals surface area contributed by atoms with E-state index >= 15 is 0 Å². The highest BCUT2D eigenvalue weighted by Crippen LogP contribution is 2.43. The first-order valence-corrected chi connectivity index (χ1v) is 19.3. The number of likely N-dealkylation sites (N-methyl/N-ethyl adjacent to an activating group) is 1. The van der Waals surface area contributed by atoms with E-state index in [-0.39, 0.29) is 40.7 Å². The predicted octanol–water partition coefficient (Wildman–Crippen LogP) is 6.30. The quantitative estimate of drug-likeness (QED) is 0.124. The van der Waals surface area contributed by atoms with E-state index in [1.54, 1.807) is 12.1 Å². The van der Waals surface area contributed by atoms with Crippen LogP contribution in [0.5, 0.6) is 0 Å². The lowest BCUT2D eigenvalue weighted by molar-refractivity contribution is -0.144. The maximum Gasteiger partial charge on any atom is 0.416 e. The summed E-state index contributed by atoms with van der Waals surface area (Å²) in [6.07, 6.45) is -0.727. The smallest absolute Gasteiger partial charge is 0.358 e. The van der Waals surface area contributed by atoms with Crippen molar-refractivity contribution >= 4 is 51.9 Å². The number of aromatic amines is 1. The molecule has 3 atom stereocenters. The molecule has 0 spiro atoms. The zero-order valence-corrected chi connectivity index (χ0v) is 32.0. The van der Waals surface area contributed by atoms with Crippen LogP contribution in [0.2, 0.25) is 5.02 Å². The van der Waals surface area contributed by atoms with Gasteiger partial charge in [-0.05, 0) is 86.7 Å². The molecule has 0 saturated heterocycles. The number of hydrogen-bond donors (Lipinski definition) is 5. The molecular formula is C39H47ClF3N7O3S. The Morgan fingerprint density at radius 1 is 0.981 bits per heavy atom. The van der Waals surface area contributed by atoms with E-state index in [9.17, 15) is 27.6 Å². The summed E-state index contributed by atoms with van der Waals surface area (Å²) < 4.78 is 43.8. The molecule has 0 unspecified atom stereocenters. The molecule has 5 rings (SSSR count). The second-order valence-corrected chi connectivity index (χ2v) is 15.1. The Bertz CT molecular complexity index is 1960. The number of hydrogen-bond acceptors (Lipinski definition) is 8. The highest BCUT2D eigenvalue weighted by atomic mass is 35.5. The van der Waals surface area contributed by atoms with Gasteiger partial charge in [-0.3, -0.25) is 14.4 Å². The number of aryl methyl sites for hydroxylation is 1. The van der Waals surface area contributed by atoms with Gasteiger partial charge in [-0.25, -0.2) is 4.98 Å². The average Bonchev–Trinajstić information content (AvgIpc) is 3.46. The van der Waals surface area contributed by atoms with Gasteiger partial charge in [0.05, 0.1) is 16.6 Å². The van der Waals surface area contributed by atoms with Crippen molar-refractivity contribution in [2.45, 2.75) is 93.1 Å². The summed E-state index contributed by atoms with van der Waals surface area (Å²) in [7, 11) is 1.51. The molecule has 2 aromatic carbocycles. The average molecular weight is 786 g/mol. The minimum Gasteiger partial charge on any atom is -0.358 e. The minimum absolute atomic E-state index is 0.0503. The number of fused-ring (bicyclic) bond motifs is 3. The predicted molar refractivity (Wildman–Crippen MR) is 205 cm³/mol. The molecule has 1 aliphatic heterocycles. The molecule has 0 aliphatic carbocycles. The van der Waals surface area contributed by atoms with E-state index in [2.05, 4.69) is 20.6 Å². The third kappa shape index (κ3) is 9.82. The highest BCUT2D eigenvalue weighted by Gasteiger charge is 2.38. The van der Waals surface area contributed by atoms with Crippen molar-refractivity contribution in [1.82, 2.24) is 25.5 Å². The number of carbonyl (C=O) groups excluding carboxylic acids is 3. The van der Waals surface area contributed by atoms with E-state index in [4.69, 9.17) is 23.1 Å². The van der Waals surface area contributed by atoms with Gasteiger partial charge < -0.3 is 32.0 Å². The second kappa shape index (κ2) is 18.6. The summed E-state index contributed by atoms with van der Waals surface area (Å²) >= 11 is 7.59. The fourth-order valence-corrected chi connectivity index (χ4v) is 8.34. The molecule has 0 fully saturated rings. The SMILES string of the molecule is Cc1[nH]c2ccccc2c1C[C@H]1C(=O)NCc2c(C(F)(F)F)ccc(Cl)c2Sc2ncccc2CN[C@@H](CCCN)C(=O)C[C@@H](CCCCN)C(=O)N1C. The van der Waals surface area contributed by atoms with Crippen molar-refractivity contribution < 1.29 is 27.6 Å². The Hall–Kier alpha value is -3.95. The van der Waals surface area contributed by atoms with Gasteiger partial charge in [0.2, 0.25) is 11.8 Å². The van der Waals surface area contributed by atoms with Crippen molar-refractivity contribution in [2.24, 2.45) is 17.4 Å². The molecule has 1 aliphatic rings. The third-order valence-corrected chi connectivity index (χ3v) is 11.6. The van der Waals surface area contributed by atoms with Gasteiger partial charge in [0.15, 0.2) is 5.78 Å². The molecule has 0 saturated carbocycles. The second-order valence-electron chi connectivity index (χ2n) is 13.6. The van der Waals surface area contributed by atoms with Gasteiger partial charge in [0, 0.05) is 66.6 Å². The summed E-state index contributed by atoms with van der Waals surface area (Å²) in [4.78, 5) is 52.2. The van der Waals surface area contributed by atoms with E-state index < -0.39 is 48.1 Å². The number of alkyl halides is 3. The number of aromatic nitrogens is 2. The molecule has 10 nitrogen and oxygen atoms in total.